The summed E-state index contributed by atoms with van der Waals surface area (Å²) < 4.78 is 14.1. The van der Waals surface area contributed by atoms with Crippen molar-refractivity contribution < 1.29 is 4.39 Å². The minimum atomic E-state index is -0.180. The Balaban J connectivity index is 1.16. The molecule has 7 nitrogen and oxygen atoms in total. The van der Waals surface area contributed by atoms with E-state index in [1.165, 1.54) is 17.2 Å². The molecule has 0 unspecified atom stereocenters. The SMILES string of the molecule is Cc1ccc(CN2CCN(c3nc(CN4CCN(c5ccccc5F)CC4)cc(=O)[nH]3)CC2)cc1. The maximum absolute atomic E-state index is 14.1. The molecule has 3 heterocycles. The van der Waals surface area contributed by atoms with Gasteiger partial charge < -0.3 is 9.80 Å². The molecule has 2 fully saturated rings. The lowest BCUT2D eigenvalue weighted by atomic mass is 10.1. The molecule has 0 spiro atoms. The summed E-state index contributed by atoms with van der Waals surface area (Å²) >= 11 is 0. The fourth-order valence-corrected chi connectivity index (χ4v) is 4.88. The van der Waals surface area contributed by atoms with Gasteiger partial charge in [0.1, 0.15) is 5.82 Å². The first kappa shape index (κ1) is 23.5. The minimum absolute atomic E-state index is 0.114. The Hall–Kier alpha value is -3.23. The number of H-pyrrole nitrogens is 1. The summed E-state index contributed by atoms with van der Waals surface area (Å²) in [6.07, 6.45) is 0. The zero-order chi connectivity index (χ0) is 24.2. The van der Waals surface area contributed by atoms with E-state index in [0.717, 1.165) is 64.6 Å². The maximum atomic E-state index is 14.1. The molecule has 0 amide bonds. The van der Waals surface area contributed by atoms with Gasteiger partial charge in [-0.1, -0.05) is 42.0 Å². The molecule has 184 valence electrons. The molecule has 8 heteroatoms. The molecule has 0 bridgehead atoms. The van der Waals surface area contributed by atoms with Gasteiger partial charge in [0.05, 0.1) is 11.4 Å². The van der Waals surface area contributed by atoms with Crippen LogP contribution in [-0.2, 0) is 13.1 Å². The van der Waals surface area contributed by atoms with Gasteiger partial charge in [-0.2, -0.15) is 0 Å². The molecule has 0 atom stereocenters. The van der Waals surface area contributed by atoms with Crippen molar-refractivity contribution in [3.8, 4) is 0 Å². The van der Waals surface area contributed by atoms with Crippen molar-refractivity contribution in [2.45, 2.75) is 20.0 Å². The Morgan fingerprint density at radius 3 is 2.14 bits per heavy atom. The molecule has 2 saturated heterocycles. The molecule has 3 aromatic rings. The Morgan fingerprint density at radius 1 is 0.829 bits per heavy atom. The van der Waals surface area contributed by atoms with Crippen molar-refractivity contribution in [1.82, 2.24) is 19.8 Å². The molecule has 2 aromatic carbocycles. The highest BCUT2D eigenvalue weighted by Gasteiger charge is 2.22. The lowest BCUT2D eigenvalue weighted by Gasteiger charge is -2.36. The van der Waals surface area contributed by atoms with Crippen molar-refractivity contribution in [2.75, 3.05) is 62.2 Å². The fraction of sp³-hybridized carbons (Fsp3) is 0.407. The van der Waals surface area contributed by atoms with E-state index >= 15 is 0 Å². The highest BCUT2D eigenvalue weighted by atomic mass is 19.1. The average Bonchev–Trinajstić information content (AvgIpc) is 2.86. The van der Waals surface area contributed by atoms with E-state index in [1.54, 1.807) is 12.1 Å². The van der Waals surface area contributed by atoms with Crippen LogP contribution in [0, 0.1) is 12.7 Å². The van der Waals surface area contributed by atoms with Gasteiger partial charge in [0.2, 0.25) is 5.95 Å². The normalized spacial score (nSPS) is 17.7. The van der Waals surface area contributed by atoms with Crippen LogP contribution in [0.25, 0.3) is 0 Å². The van der Waals surface area contributed by atoms with E-state index in [0.29, 0.717) is 18.2 Å². The third-order valence-electron chi connectivity index (χ3n) is 6.93. The molecule has 2 aliphatic heterocycles. The Morgan fingerprint density at radius 2 is 1.46 bits per heavy atom. The summed E-state index contributed by atoms with van der Waals surface area (Å²) in [7, 11) is 0. The van der Waals surface area contributed by atoms with Crippen LogP contribution in [0.2, 0.25) is 0 Å². The number of hydrogen-bond donors (Lipinski definition) is 1. The van der Waals surface area contributed by atoms with Crippen LogP contribution in [0.5, 0.6) is 0 Å². The van der Waals surface area contributed by atoms with Gasteiger partial charge >= 0.3 is 0 Å². The van der Waals surface area contributed by atoms with Gasteiger partial charge in [-0.3, -0.25) is 19.6 Å². The van der Waals surface area contributed by atoms with E-state index in [4.69, 9.17) is 4.98 Å². The molecular formula is C27H33FN6O. The number of nitrogens with zero attached hydrogens (tertiary/aromatic N) is 5. The Labute approximate surface area is 205 Å². The zero-order valence-electron chi connectivity index (χ0n) is 20.3. The van der Waals surface area contributed by atoms with Gasteiger partial charge in [0, 0.05) is 71.5 Å². The molecule has 0 aliphatic carbocycles. The van der Waals surface area contributed by atoms with Crippen LogP contribution in [0.1, 0.15) is 16.8 Å². The molecule has 2 aliphatic rings. The first-order valence-electron chi connectivity index (χ1n) is 12.4. The van der Waals surface area contributed by atoms with Crippen LogP contribution in [0.3, 0.4) is 0 Å². The molecule has 5 rings (SSSR count). The van der Waals surface area contributed by atoms with Crippen molar-refractivity contribution in [1.29, 1.82) is 0 Å². The van der Waals surface area contributed by atoms with Crippen LogP contribution in [-0.4, -0.2) is 72.1 Å². The molecular weight excluding hydrogens is 443 g/mol. The Kier molecular flexibility index (Phi) is 7.11. The zero-order valence-corrected chi connectivity index (χ0v) is 20.3. The molecule has 1 N–H and O–H groups in total. The average molecular weight is 477 g/mol. The number of aromatic amines is 1. The minimum Gasteiger partial charge on any atom is -0.367 e. The topological polar surface area (TPSA) is 58.7 Å². The smallest absolute Gasteiger partial charge is 0.252 e. The summed E-state index contributed by atoms with van der Waals surface area (Å²) in [4.78, 5) is 29.1. The number of aromatic nitrogens is 2. The summed E-state index contributed by atoms with van der Waals surface area (Å²) in [6, 6.07) is 17.2. The number of piperazine rings is 2. The Bertz CT molecular complexity index is 1180. The molecule has 0 saturated carbocycles. The number of benzene rings is 2. The highest BCUT2D eigenvalue weighted by molar-refractivity contribution is 5.48. The standard InChI is InChI=1S/C27H33FN6O/c1-21-6-8-22(9-7-21)19-31-12-16-34(17-13-31)27-29-23(18-26(35)30-27)20-32-10-14-33(15-11-32)25-5-3-2-4-24(25)28/h2-9,18H,10-17,19-20H2,1H3,(H,29,30,35). The van der Waals surface area contributed by atoms with Crippen LogP contribution in [0.15, 0.2) is 59.4 Å². The maximum Gasteiger partial charge on any atom is 0.252 e. The van der Waals surface area contributed by atoms with Crippen molar-refractivity contribution in [2.24, 2.45) is 0 Å². The van der Waals surface area contributed by atoms with Crippen LogP contribution in [0.4, 0.5) is 16.0 Å². The number of halogens is 1. The largest absolute Gasteiger partial charge is 0.367 e. The highest BCUT2D eigenvalue weighted by Crippen LogP contribution is 2.21. The molecule has 35 heavy (non-hydrogen) atoms. The fourth-order valence-electron chi connectivity index (χ4n) is 4.88. The summed E-state index contributed by atoms with van der Waals surface area (Å²) in [5.74, 6) is 0.480. The number of rotatable bonds is 6. The van der Waals surface area contributed by atoms with E-state index in [2.05, 4.69) is 55.8 Å². The quantitative estimate of drug-likeness (QED) is 0.591. The third kappa shape index (κ3) is 5.89. The summed E-state index contributed by atoms with van der Waals surface area (Å²) in [5.41, 5.74) is 3.93. The van der Waals surface area contributed by atoms with Crippen molar-refractivity contribution >= 4 is 11.6 Å². The van der Waals surface area contributed by atoms with Gasteiger partial charge in [-0.25, -0.2) is 9.37 Å². The van der Waals surface area contributed by atoms with E-state index in [1.807, 2.05) is 12.1 Å². The molecule has 1 aromatic heterocycles. The van der Waals surface area contributed by atoms with E-state index in [9.17, 15) is 9.18 Å². The van der Waals surface area contributed by atoms with Crippen LogP contribution < -0.4 is 15.4 Å². The lowest BCUT2D eigenvalue weighted by molar-refractivity contribution is 0.244. The predicted molar refractivity (Wildman–Crippen MR) is 137 cm³/mol. The lowest BCUT2D eigenvalue weighted by Crippen LogP contribution is -2.47. The third-order valence-corrected chi connectivity index (χ3v) is 6.93. The summed E-state index contributed by atoms with van der Waals surface area (Å²) in [5, 5.41) is 0. The van der Waals surface area contributed by atoms with Gasteiger partial charge in [0.25, 0.3) is 5.56 Å². The second-order valence-electron chi connectivity index (χ2n) is 9.52. The predicted octanol–water partition coefficient (Wildman–Crippen LogP) is 2.86. The number of anilines is 2. The second kappa shape index (κ2) is 10.6. The van der Waals surface area contributed by atoms with Crippen molar-refractivity contribution in [3.63, 3.8) is 0 Å². The van der Waals surface area contributed by atoms with Gasteiger partial charge in [0.15, 0.2) is 0 Å². The van der Waals surface area contributed by atoms with Gasteiger partial charge in [-0.05, 0) is 24.6 Å². The van der Waals surface area contributed by atoms with E-state index < -0.39 is 0 Å². The number of aryl methyl sites for hydroxylation is 1. The van der Waals surface area contributed by atoms with Crippen molar-refractivity contribution in [3.05, 3.63) is 87.6 Å². The van der Waals surface area contributed by atoms with E-state index in [-0.39, 0.29) is 11.4 Å². The number of hydrogen-bond acceptors (Lipinski definition) is 6. The van der Waals surface area contributed by atoms with Crippen LogP contribution >= 0.6 is 0 Å². The second-order valence-corrected chi connectivity index (χ2v) is 9.52. The first-order chi connectivity index (χ1) is 17.0. The number of para-hydroxylation sites is 1. The first-order valence-corrected chi connectivity index (χ1v) is 12.4. The van der Waals surface area contributed by atoms with Gasteiger partial charge in [-0.15, -0.1) is 0 Å². The summed E-state index contributed by atoms with van der Waals surface area (Å²) in [6.45, 7) is 10.3. The monoisotopic (exact) mass is 476 g/mol. The molecule has 0 radical (unpaired) electrons. The number of nitrogens with one attached hydrogen (secondary N) is 1.